The van der Waals surface area contributed by atoms with Crippen molar-refractivity contribution in [1.29, 1.82) is 0 Å². The van der Waals surface area contributed by atoms with Crippen LogP contribution in [-0.4, -0.2) is 12.8 Å². The maximum Gasteiger partial charge on any atom is 0.321 e. The number of amides is 2. The molecule has 0 aliphatic heterocycles. The molecule has 0 unspecified atom stereocenters. The molecule has 0 aliphatic carbocycles. The normalized spacial score (nSPS) is 10.0. The number of hydrogen-bond acceptors (Lipinski definition) is 3. The minimum atomic E-state index is -0.362. The summed E-state index contributed by atoms with van der Waals surface area (Å²) in [6.45, 7) is 4.02. The van der Waals surface area contributed by atoms with E-state index >= 15 is 0 Å². The highest BCUT2D eigenvalue weighted by atomic mass is 16.5. The standard InChI is InChI=1S/C16H19N3O2/c1-11-3-6-13(7-4-11)21-10-18-16(20)19-15-9-12(2)5-8-14(15)17/h3-9H,10,17H2,1-2H3,(H2,18,19,20). The summed E-state index contributed by atoms with van der Waals surface area (Å²) in [5.74, 6) is 0.705. The van der Waals surface area contributed by atoms with Gasteiger partial charge < -0.3 is 21.1 Å². The summed E-state index contributed by atoms with van der Waals surface area (Å²) in [6.07, 6.45) is 0. The van der Waals surface area contributed by atoms with Gasteiger partial charge in [0.15, 0.2) is 6.73 Å². The molecular formula is C16H19N3O2. The van der Waals surface area contributed by atoms with Crippen molar-refractivity contribution in [3.05, 3.63) is 53.6 Å². The maximum atomic E-state index is 11.8. The fraction of sp³-hybridized carbons (Fsp3) is 0.188. The number of carbonyl (C=O) groups excluding carboxylic acids is 1. The van der Waals surface area contributed by atoms with Crippen molar-refractivity contribution in [3.8, 4) is 5.75 Å². The molecule has 2 amide bonds. The molecule has 0 fully saturated rings. The predicted octanol–water partition coefficient (Wildman–Crippen LogP) is 3.04. The Labute approximate surface area is 124 Å². The third-order valence-corrected chi connectivity index (χ3v) is 2.95. The van der Waals surface area contributed by atoms with Crippen LogP contribution in [0, 0.1) is 13.8 Å². The third kappa shape index (κ3) is 4.42. The molecular weight excluding hydrogens is 266 g/mol. The molecule has 0 saturated carbocycles. The first-order chi connectivity index (χ1) is 10.0. The average Bonchev–Trinajstić information content (AvgIpc) is 2.45. The van der Waals surface area contributed by atoms with Crippen LogP contribution in [0.3, 0.4) is 0 Å². The van der Waals surface area contributed by atoms with Gasteiger partial charge in [0.2, 0.25) is 0 Å². The number of nitrogens with one attached hydrogen (secondary N) is 2. The fourth-order valence-electron chi connectivity index (χ4n) is 1.76. The number of rotatable bonds is 4. The van der Waals surface area contributed by atoms with Gasteiger partial charge in [-0.25, -0.2) is 4.79 Å². The van der Waals surface area contributed by atoms with Crippen LogP contribution in [-0.2, 0) is 0 Å². The molecule has 2 rings (SSSR count). The summed E-state index contributed by atoms with van der Waals surface area (Å²) in [6, 6.07) is 12.7. The van der Waals surface area contributed by atoms with Crippen molar-refractivity contribution in [2.24, 2.45) is 0 Å². The number of carbonyl (C=O) groups is 1. The second kappa shape index (κ2) is 6.65. The second-order valence-electron chi connectivity index (χ2n) is 4.82. The highest BCUT2D eigenvalue weighted by Gasteiger charge is 2.04. The molecule has 5 heteroatoms. The first-order valence-corrected chi connectivity index (χ1v) is 6.65. The molecule has 5 nitrogen and oxygen atoms in total. The van der Waals surface area contributed by atoms with Crippen LogP contribution in [0.1, 0.15) is 11.1 Å². The van der Waals surface area contributed by atoms with E-state index in [1.807, 2.05) is 50.2 Å². The summed E-state index contributed by atoms with van der Waals surface area (Å²) < 4.78 is 5.42. The van der Waals surface area contributed by atoms with Gasteiger partial charge in [-0.05, 0) is 43.7 Å². The molecule has 0 aromatic heterocycles. The average molecular weight is 285 g/mol. The van der Waals surface area contributed by atoms with Crippen LogP contribution >= 0.6 is 0 Å². The van der Waals surface area contributed by atoms with E-state index in [4.69, 9.17) is 10.5 Å². The van der Waals surface area contributed by atoms with E-state index in [0.29, 0.717) is 17.1 Å². The molecule has 2 aromatic carbocycles. The zero-order valence-electron chi connectivity index (χ0n) is 12.1. The number of urea groups is 1. The molecule has 0 bridgehead atoms. The van der Waals surface area contributed by atoms with Gasteiger partial charge in [-0.2, -0.15) is 0 Å². The van der Waals surface area contributed by atoms with Gasteiger partial charge in [0, 0.05) is 0 Å². The zero-order valence-corrected chi connectivity index (χ0v) is 12.1. The molecule has 0 heterocycles. The summed E-state index contributed by atoms with van der Waals surface area (Å²) in [7, 11) is 0. The molecule has 4 N–H and O–H groups in total. The van der Waals surface area contributed by atoms with E-state index in [-0.39, 0.29) is 12.8 Å². The van der Waals surface area contributed by atoms with E-state index in [1.54, 1.807) is 6.07 Å². The zero-order chi connectivity index (χ0) is 15.2. The number of anilines is 2. The van der Waals surface area contributed by atoms with Crippen LogP contribution in [0.4, 0.5) is 16.2 Å². The maximum absolute atomic E-state index is 11.8. The first-order valence-electron chi connectivity index (χ1n) is 6.65. The molecule has 0 radical (unpaired) electrons. The Morgan fingerprint density at radius 3 is 2.48 bits per heavy atom. The summed E-state index contributed by atoms with van der Waals surface area (Å²) in [5, 5.41) is 5.30. The molecule has 0 atom stereocenters. The molecule has 21 heavy (non-hydrogen) atoms. The summed E-state index contributed by atoms with van der Waals surface area (Å²) in [4.78, 5) is 11.8. The topological polar surface area (TPSA) is 76.4 Å². The Balaban J connectivity index is 1.82. The van der Waals surface area contributed by atoms with Crippen LogP contribution in [0.2, 0.25) is 0 Å². The van der Waals surface area contributed by atoms with E-state index in [9.17, 15) is 4.79 Å². The highest BCUT2D eigenvalue weighted by Crippen LogP contribution is 2.19. The SMILES string of the molecule is Cc1ccc(OCNC(=O)Nc2cc(C)ccc2N)cc1. The lowest BCUT2D eigenvalue weighted by atomic mass is 10.2. The van der Waals surface area contributed by atoms with Crippen molar-refractivity contribution in [3.63, 3.8) is 0 Å². The van der Waals surface area contributed by atoms with E-state index < -0.39 is 0 Å². The molecule has 0 saturated heterocycles. The van der Waals surface area contributed by atoms with Crippen molar-refractivity contribution in [2.75, 3.05) is 17.8 Å². The van der Waals surface area contributed by atoms with Gasteiger partial charge in [0.25, 0.3) is 0 Å². The fourth-order valence-corrected chi connectivity index (χ4v) is 1.76. The van der Waals surface area contributed by atoms with E-state index in [1.165, 1.54) is 0 Å². The number of benzene rings is 2. The minimum absolute atomic E-state index is 0.0839. The lowest BCUT2D eigenvalue weighted by Crippen LogP contribution is -2.32. The van der Waals surface area contributed by atoms with Gasteiger partial charge in [-0.15, -0.1) is 0 Å². The summed E-state index contributed by atoms with van der Waals surface area (Å²) in [5.41, 5.74) is 9.09. The molecule has 0 aliphatic rings. The van der Waals surface area contributed by atoms with Gasteiger partial charge in [0.1, 0.15) is 5.75 Å². The van der Waals surface area contributed by atoms with Crippen LogP contribution < -0.4 is 21.1 Å². The second-order valence-corrected chi connectivity index (χ2v) is 4.82. The monoisotopic (exact) mass is 285 g/mol. The lowest BCUT2D eigenvalue weighted by molar-refractivity contribution is 0.234. The van der Waals surface area contributed by atoms with Gasteiger partial charge in [-0.3, -0.25) is 0 Å². The van der Waals surface area contributed by atoms with Gasteiger partial charge in [0.05, 0.1) is 11.4 Å². The third-order valence-electron chi connectivity index (χ3n) is 2.95. The van der Waals surface area contributed by atoms with Crippen LogP contribution in [0.5, 0.6) is 5.75 Å². The molecule has 0 spiro atoms. The van der Waals surface area contributed by atoms with Crippen molar-refractivity contribution >= 4 is 17.4 Å². The quantitative estimate of drug-likeness (QED) is 0.597. The Kier molecular flexibility index (Phi) is 4.66. The number of ether oxygens (including phenoxy) is 1. The number of hydrogen-bond donors (Lipinski definition) is 3. The Morgan fingerprint density at radius 1 is 1.10 bits per heavy atom. The number of aryl methyl sites for hydroxylation is 2. The lowest BCUT2D eigenvalue weighted by Gasteiger charge is -2.11. The van der Waals surface area contributed by atoms with E-state index in [2.05, 4.69) is 10.6 Å². The van der Waals surface area contributed by atoms with E-state index in [0.717, 1.165) is 11.1 Å². The van der Waals surface area contributed by atoms with Crippen LogP contribution in [0.15, 0.2) is 42.5 Å². The Bertz CT molecular complexity index is 624. The Morgan fingerprint density at radius 2 is 1.76 bits per heavy atom. The molecule has 110 valence electrons. The van der Waals surface area contributed by atoms with Crippen molar-refractivity contribution < 1.29 is 9.53 Å². The smallest absolute Gasteiger partial charge is 0.321 e. The largest absolute Gasteiger partial charge is 0.473 e. The van der Waals surface area contributed by atoms with Gasteiger partial charge in [-0.1, -0.05) is 23.8 Å². The number of nitrogens with two attached hydrogens (primary N) is 1. The van der Waals surface area contributed by atoms with Gasteiger partial charge >= 0.3 is 6.03 Å². The Hall–Kier alpha value is -2.69. The van der Waals surface area contributed by atoms with Crippen LogP contribution in [0.25, 0.3) is 0 Å². The number of nitrogen functional groups attached to an aromatic ring is 1. The first kappa shape index (κ1) is 14.7. The molecule has 2 aromatic rings. The van der Waals surface area contributed by atoms with Crippen molar-refractivity contribution in [2.45, 2.75) is 13.8 Å². The highest BCUT2D eigenvalue weighted by molar-refractivity contribution is 5.92. The summed E-state index contributed by atoms with van der Waals surface area (Å²) >= 11 is 0. The predicted molar refractivity (Wildman–Crippen MR) is 84.4 cm³/mol. The minimum Gasteiger partial charge on any atom is -0.473 e. The van der Waals surface area contributed by atoms with Crippen molar-refractivity contribution in [1.82, 2.24) is 5.32 Å².